The Balaban J connectivity index is 2.83. The molecule has 0 atom stereocenters. The van der Waals surface area contributed by atoms with E-state index in [0.717, 1.165) is 12.1 Å². The van der Waals surface area contributed by atoms with Crippen LogP contribution in [0, 0.1) is 9.39 Å². The summed E-state index contributed by atoms with van der Waals surface area (Å²) in [4.78, 5) is 3.47. The Morgan fingerprint density at radius 1 is 1.18 bits per heavy atom. The predicted octanol–water partition coefficient (Wildman–Crippen LogP) is 3.58. The summed E-state index contributed by atoms with van der Waals surface area (Å²) in [5.74, 6) is -0.560. The van der Waals surface area contributed by atoms with Crippen molar-refractivity contribution >= 4 is 39.2 Å². The monoisotopic (exact) mass is 356 g/mol. The van der Waals surface area contributed by atoms with E-state index in [2.05, 4.69) is 4.98 Å². The second-order valence-electron chi connectivity index (χ2n) is 3.38. The fraction of sp³-hybridized carbons (Fsp3) is 0.100. The van der Waals surface area contributed by atoms with Crippen LogP contribution >= 0.6 is 22.6 Å². The van der Waals surface area contributed by atoms with E-state index in [1.54, 1.807) is 22.6 Å². The Bertz CT molecular complexity index is 595. The molecule has 7 heteroatoms. The molecule has 0 aliphatic rings. The van der Waals surface area contributed by atoms with E-state index in [1.807, 2.05) is 0 Å². The predicted molar refractivity (Wildman–Crippen MR) is 63.8 cm³/mol. The number of fused-ring (bicyclic) bond motifs is 1. The molecule has 2 nitrogen and oxygen atoms in total. The maximum absolute atomic E-state index is 13.1. The van der Waals surface area contributed by atoms with E-state index < -0.39 is 17.7 Å². The summed E-state index contributed by atoms with van der Waals surface area (Å²) < 4.78 is 50.9. The molecule has 0 unspecified atom stereocenters. The van der Waals surface area contributed by atoms with Crippen molar-refractivity contribution in [2.24, 2.45) is 0 Å². The number of pyridine rings is 1. The highest BCUT2D eigenvalue weighted by atomic mass is 127. The zero-order valence-corrected chi connectivity index (χ0v) is 10.3. The fourth-order valence-electron chi connectivity index (χ4n) is 1.42. The molecule has 2 N–H and O–H groups in total. The van der Waals surface area contributed by atoms with Crippen LogP contribution in [0.4, 0.5) is 23.2 Å². The van der Waals surface area contributed by atoms with Crippen molar-refractivity contribution in [2.75, 3.05) is 5.73 Å². The minimum atomic E-state index is -4.57. The molecule has 1 heterocycles. The van der Waals surface area contributed by atoms with Crippen molar-refractivity contribution < 1.29 is 17.6 Å². The second kappa shape index (κ2) is 3.97. The van der Waals surface area contributed by atoms with Gasteiger partial charge in [0, 0.05) is 14.6 Å². The summed E-state index contributed by atoms with van der Waals surface area (Å²) in [5, 5.41) is 0.183. The van der Waals surface area contributed by atoms with Crippen molar-refractivity contribution in [2.45, 2.75) is 6.18 Å². The van der Waals surface area contributed by atoms with E-state index in [9.17, 15) is 17.6 Å². The topological polar surface area (TPSA) is 38.9 Å². The third kappa shape index (κ3) is 2.28. The molecule has 90 valence electrons. The summed E-state index contributed by atoms with van der Waals surface area (Å²) in [7, 11) is 0. The average molecular weight is 356 g/mol. The smallest absolute Gasteiger partial charge is 0.398 e. The van der Waals surface area contributed by atoms with Gasteiger partial charge in [-0.3, -0.25) is 0 Å². The van der Waals surface area contributed by atoms with E-state index in [0.29, 0.717) is 6.07 Å². The van der Waals surface area contributed by atoms with E-state index >= 15 is 0 Å². The number of hydrogen-bond acceptors (Lipinski definition) is 2. The highest BCUT2D eigenvalue weighted by Crippen LogP contribution is 2.33. The van der Waals surface area contributed by atoms with Gasteiger partial charge in [-0.15, -0.1) is 0 Å². The lowest BCUT2D eigenvalue weighted by Crippen LogP contribution is -2.09. The van der Waals surface area contributed by atoms with Gasteiger partial charge >= 0.3 is 6.18 Å². The van der Waals surface area contributed by atoms with Gasteiger partial charge in [0.2, 0.25) is 0 Å². The van der Waals surface area contributed by atoms with Gasteiger partial charge in [-0.05, 0) is 40.8 Å². The molecule has 0 aliphatic carbocycles. The van der Waals surface area contributed by atoms with Crippen LogP contribution in [0.25, 0.3) is 10.9 Å². The lowest BCUT2D eigenvalue weighted by molar-refractivity contribution is -0.140. The molecule has 1 aromatic carbocycles. The number of halogens is 5. The van der Waals surface area contributed by atoms with Gasteiger partial charge in [-0.1, -0.05) is 0 Å². The minimum absolute atomic E-state index is 0.0549. The largest absolute Gasteiger partial charge is 0.433 e. The minimum Gasteiger partial charge on any atom is -0.398 e. The van der Waals surface area contributed by atoms with Crippen molar-refractivity contribution in [3.63, 3.8) is 0 Å². The van der Waals surface area contributed by atoms with Crippen LogP contribution in [0.5, 0.6) is 0 Å². The summed E-state index contributed by atoms with van der Waals surface area (Å²) in [6, 6.07) is 2.88. The first-order chi connectivity index (χ1) is 7.79. The number of nitrogens with zero attached hydrogens (tertiary/aromatic N) is 1. The van der Waals surface area contributed by atoms with Crippen LogP contribution in [0.3, 0.4) is 0 Å². The van der Waals surface area contributed by atoms with Gasteiger partial charge in [0.25, 0.3) is 0 Å². The Labute approximate surface area is 107 Å². The summed E-state index contributed by atoms with van der Waals surface area (Å²) in [6.07, 6.45) is -4.57. The van der Waals surface area contributed by atoms with Crippen LogP contribution < -0.4 is 5.73 Å². The molecule has 0 radical (unpaired) electrons. The van der Waals surface area contributed by atoms with Crippen LogP contribution in [0.1, 0.15) is 5.69 Å². The molecule has 0 saturated heterocycles. The van der Waals surface area contributed by atoms with Crippen molar-refractivity contribution in [1.82, 2.24) is 4.98 Å². The molecule has 1 aromatic heterocycles. The van der Waals surface area contributed by atoms with E-state index in [-0.39, 0.29) is 20.2 Å². The lowest BCUT2D eigenvalue weighted by Gasteiger charge is -2.10. The number of anilines is 1. The zero-order chi connectivity index (χ0) is 12.8. The second-order valence-corrected chi connectivity index (χ2v) is 4.54. The van der Waals surface area contributed by atoms with Crippen molar-refractivity contribution in [1.29, 1.82) is 0 Å². The summed E-state index contributed by atoms with van der Waals surface area (Å²) in [5.41, 5.74) is 4.32. The molecular formula is C10H5F4IN2. The highest BCUT2D eigenvalue weighted by molar-refractivity contribution is 14.1. The quantitative estimate of drug-likeness (QED) is 0.579. The van der Waals surface area contributed by atoms with E-state index in [4.69, 9.17) is 5.73 Å². The molecule has 17 heavy (non-hydrogen) atoms. The molecule has 0 spiro atoms. The number of alkyl halides is 3. The maximum Gasteiger partial charge on any atom is 0.433 e. The molecule has 0 amide bonds. The van der Waals surface area contributed by atoms with Gasteiger partial charge in [-0.25, -0.2) is 9.37 Å². The highest BCUT2D eigenvalue weighted by Gasteiger charge is 2.33. The Kier molecular flexibility index (Phi) is 2.88. The number of aromatic nitrogens is 1. The lowest BCUT2D eigenvalue weighted by atomic mass is 10.1. The van der Waals surface area contributed by atoms with E-state index in [1.165, 1.54) is 0 Å². The molecule has 0 aliphatic heterocycles. The Morgan fingerprint density at radius 3 is 2.41 bits per heavy atom. The number of benzene rings is 1. The fourth-order valence-corrected chi connectivity index (χ4v) is 2.13. The third-order valence-corrected chi connectivity index (χ3v) is 2.98. The van der Waals surface area contributed by atoms with Crippen LogP contribution in [-0.2, 0) is 6.18 Å². The molecule has 2 aromatic rings. The first-order valence-corrected chi connectivity index (χ1v) is 5.49. The first-order valence-electron chi connectivity index (χ1n) is 4.41. The number of hydrogen-bond donors (Lipinski definition) is 1. The van der Waals surface area contributed by atoms with Crippen molar-refractivity contribution in [3.05, 3.63) is 33.3 Å². The number of rotatable bonds is 0. The standard InChI is InChI=1S/C10H5F4IN2/c11-4-1-5-7(16)3-8(10(12,13)14)17-9(5)6(15)2-4/h1-3H,(H2,16,17). The van der Waals surface area contributed by atoms with Gasteiger partial charge in [-0.2, -0.15) is 13.2 Å². The third-order valence-electron chi connectivity index (χ3n) is 2.15. The van der Waals surface area contributed by atoms with Crippen LogP contribution in [0.15, 0.2) is 18.2 Å². The molecule has 0 fully saturated rings. The first kappa shape index (κ1) is 12.3. The Hall–Kier alpha value is -1.12. The SMILES string of the molecule is Nc1cc(C(F)(F)F)nc2c(I)cc(F)cc12. The molecule has 0 bridgehead atoms. The zero-order valence-electron chi connectivity index (χ0n) is 8.15. The molecular weight excluding hydrogens is 351 g/mol. The van der Waals surface area contributed by atoms with Crippen LogP contribution in [-0.4, -0.2) is 4.98 Å². The average Bonchev–Trinajstić information content (AvgIpc) is 2.17. The number of nitrogens with two attached hydrogens (primary N) is 1. The normalized spacial score (nSPS) is 12.1. The van der Waals surface area contributed by atoms with Gasteiger partial charge in [0.15, 0.2) is 0 Å². The van der Waals surface area contributed by atoms with Gasteiger partial charge < -0.3 is 5.73 Å². The van der Waals surface area contributed by atoms with Crippen LogP contribution in [0.2, 0.25) is 0 Å². The van der Waals surface area contributed by atoms with Gasteiger partial charge in [0.05, 0.1) is 5.52 Å². The van der Waals surface area contributed by atoms with Crippen molar-refractivity contribution in [3.8, 4) is 0 Å². The summed E-state index contributed by atoms with van der Waals surface area (Å²) in [6.45, 7) is 0. The summed E-state index contributed by atoms with van der Waals surface area (Å²) >= 11 is 1.72. The Morgan fingerprint density at radius 2 is 1.82 bits per heavy atom. The number of nitrogen functional groups attached to an aromatic ring is 1. The maximum atomic E-state index is 13.1. The molecule has 0 saturated carbocycles. The molecule has 2 rings (SSSR count). The van der Waals surface area contributed by atoms with Gasteiger partial charge in [0.1, 0.15) is 11.5 Å².